The van der Waals surface area contributed by atoms with E-state index in [4.69, 9.17) is 14.2 Å². The molecule has 6 nitrogen and oxygen atoms in total. The van der Waals surface area contributed by atoms with Crippen LogP contribution in [0, 0.1) is 0 Å². The lowest BCUT2D eigenvalue weighted by Crippen LogP contribution is -2.24. The van der Waals surface area contributed by atoms with Crippen molar-refractivity contribution >= 4 is 5.91 Å². The van der Waals surface area contributed by atoms with Crippen molar-refractivity contribution in [2.24, 2.45) is 0 Å². The van der Waals surface area contributed by atoms with Crippen LogP contribution in [0.3, 0.4) is 0 Å². The molecule has 0 aliphatic carbocycles. The van der Waals surface area contributed by atoms with Crippen molar-refractivity contribution in [3.63, 3.8) is 0 Å². The van der Waals surface area contributed by atoms with Gasteiger partial charge in [-0.2, -0.15) is 0 Å². The van der Waals surface area contributed by atoms with Gasteiger partial charge in [0.2, 0.25) is 5.88 Å². The lowest BCUT2D eigenvalue weighted by molar-refractivity contribution is 0.0948. The number of carbonyl (C=O) groups is 1. The van der Waals surface area contributed by atoms with Crippen molar-refractivity contribution < 1.29 is 19.0 Å². The van der Waals surface area contributed by atoms with Gasteiger partial charge in [-0.15, -0.1) is 0 Å². The van der Waals surface area contributed by atoms with Gasteiger partial charge in [-0.25, -0.2) is 4.98 Å². The highest BCUT2D eigenvalue weighted by molar-refractivity contribution is 5.95. The topological polar surface area (TPSA) is 69.7 Å². The summed E-state index contributed by atoms with van der Waals surface area (Å²) >= 11 is 0. The molecule has 34 heavy (non-hydrogen) atoms. The first-order valence-electron chi connectivity index (χ1n) is 11.1. The molecule has 1 aromatic heterocycles. The lowest BCUT2D eigenvalue weighted by Gasteiger charge is -2.12. The van der Waals surface area contributed by atoms with Crippen molar-refractivity contribution in [2.45, 2.75) is 20.1 Å². The maximum Gasteiger partial charge on any atom is 0.251 e. The minimum Gasteiger partial charge on any atom is -0.490 e. The van der Waals surface area contributed by atoms with Crippen molar-refractivity contribution in [2.75, 3.05) is 6.61 Å². The molecule has 6 heteroatoms. The highest BCUT2D eigenvalue weighted by Gasteiger charge is 2.12. The lowest BCUT2D eigenvalue weighted by atomic mass is 10.1. The van der Waals surface area contributed by atoms with Crippen LogP contribution in [0.15, 0.2) is 97.2 Å². The zero-order valence-corrected chi connectivity index (χ0v) is 18.9. The Balaban J connectivity index is 1.35. The first-order chi connectivity index (χ1) is 16.7. The molecule has 1 heterocycles. The van der Waals surface area contributed by atoms with Gasteiger partial charge in [0.15, 0.2) is 11.5 Å². The monoisotopic (exact) mass is 454 g/mol. The average Bonchev–Trinajstić information content (AvgIpc) is 2.89. The van der Waals surface area contributed by atoms with E-state index < -0.39 is 0 Å². The first kappa shape index (κ1) is 22.9. The number of pyridine rings is 1. The summed E-state index contributed by atoms with van der Waals surface area (Å²) in [6.07, 6.45) is 1.68. The van der Waals surface area contributed by atoms with Gasteiger partial charge in [-0.1, -0.05) is 54.6 Å². The van der Waals surface area contributed by atoms with Gasteiger partial charge in [0.25, 0.3) is 5.91 Å². The minimum atomic E-state index is -0.168. The fraction of sp³-hybridized carbons (Fsp3) is 0.143. The van der Waals surface area contributed by atoms with Crippen LogP contribution >= 0.6 is 0 Å². The molecule has 4 aromatic rings. The second kappa shape index (κ2) is 11.5. The Kier molecular flexibility index (Phi) is 7.74. The Morgan fingerprint density at radius 2 is 1.56 bits per heavy atom. The van der Waals surface area contributed by atoms with Gasteiger partial charge >= 0.3 is 0 Å². The van der Waals surface area contributed by atoms with Gasteiger partial charge in [0.1, 0.15) is 12.4 Å². The van der Waals surface area contributed by atoms with E-state index in [1.54, 1.807) is 18.3 Å². The van der Waals surface area contributed by atoms with E-state index in [2.05, 4.69) is 10.3 Å². The molecule has 0 saturated carbocycles. The highest BCUT2D eigenvalue weighted by Crippen LogP contribution is 2.30. The Morgan fingerprint density at radius 1 is 0.824 bits per heavy atom. The molecule has 1 amide bonds. The van der Waals surface area contributed by atoms with Crippen LogP contribution in [0.25, 0.3) is 0 Å². The van der Waals surface area contributed by atoms with E-state index in [0.29, 0.717) is 42.7 Å². The Morgan fingerprint density at radius 3 is 2.32 bits per heavy atom. The molecule has 0 saturated heterocycles. The van der Waals surface area contributed by atoms with Crippen molar-refractivity contribution in [1.29, 1.82) is 0 Å². The third kappa shape index (κ3) is 6.13. The number of benzene rings is 3. The summed E-state index contributed by atoms with van der Waals surface area (Å²) in [6, 6.07) is 28.1. The molecular formula is C28H26N2O4. The largest absolute Gasteiger partial charge is 0.490 e. The van der Waals surface area contributed by atoms with Crippen LogP contribution in [-0.2, 0) is 13.2 Å². The van der Waals surface area contributed by atoms with E-state index in [1.807, 2.05) is 85.8 Å². The summed E-state index contributed by atoms with van der Waals surface area (Å²) in [5, 5.41) is 2.95. The van der Waals surface area contributed by atoms with Gasteiger partial charge in [-0.05, 0) is 42.8 Å². The molecule has 0 atom stereocenters. The molecule has 4 rings (SSSR count). The van der Waals surface area contributed by atoms with Gasteiger partial charge in [0.05, 0.1) is 6.61 Å². The quantitative estimate of drug-likeness (QED) is 0.329. The molecule has 0 fully saturated rings. The number of carbonyl (C=O) groups excluding carboxylic acids is 1. The number of nitrogens with zero attached hydrogens (tertiary/aromatic N) is 1. The van der Waals surface area contributed by atoms with E-state index in [1.165, 1.54) is 0 Å². The number of rotatable bonds is 10. The predicted octanol–water partition coefficient (Wildman–Crippen LogP) is 5.78. The van der Waals surface area contributed by atoms with Crippen LogP contribution in [0.5, 0.6) is 23.1 Å². The smallest absolute Gasteiger partial charge is 0.251 e. The van der Waals surface area contributed by atoms with Crippen LogP contribution < -0.4 is 19.5 Å². The minimum absolute atomic E-state index is 0.168. The zero-order chi connectivity index (χ0) is 23.6. The third-order valence-corrected chi connectivity index (χ3v) is 5.01. The number of hydrogen-bond donors (Lipinski definition) is 1. The Bertz CT molecular complexity index is 1210. The number of aromatic nitrogens is 1. The SMILES string of the molecule is CCOc1ccccc1Oc1ccc(CNC(=O)c2ccccc2COc2ccccc2)cn1. The predicted molar refractivity (Wildman–Crippen MR) is 130 cm³/mol. The zero-order valence-electron chi connectivity index (χ0n) is 18.9. The van der Waals surface area contributed by atoms with Gasteiger partial charge < -0.3 is 19.5 Å². The van der Waals surface area contributed by atoms with E-state index in [9.17, 15) is 4.79 Å². The molecule has 1 N–H and O–H groups in total. The molecule has 0 unspecified atom stereocenters. The highest BCUT2D eigenvalue weighted by atomic mass is 16.5. The number of hydrogen-bond acceptors (Lipinski definition) is 5. The van der Waals surface area contributed by atoms with E-state index >= 15 is 0 Å². The summed E-state index contributed by atoms with van der Waals surface area (Å²) in [5.74, 6) is 2.31. The van der Waals surface area contributed by atoms with Crippen LogP contribution in [0.4, 0.5) is 0 Å². The van der Waals surface area contributed by atoms with Crippen molar-refractivity contribution in [3.8, 4) is 23.1 Å². The summed E-state index contributed by atoms with van der Waals surface area (Å²) in [6.45, 7) is 3.13. The average molecular weight is 455 g/mol. The molecule has 0 aliphatic rings. The first-order valence-corrected chi connectivity index (χ1v) is 11.1. The Labute approximate surface area is 199 Å². The number of ether oxygens (including phenoxy) is 3. The number of para-hydroxylation sites is 3. The standard InChI is InChI=1S/C28H26N2O4/c1-2-32-25-14-8-9-15-26(25)34-27-17-16-21(18-29-27)19-30-28(31)24-13-7-6-10-22(24)20-33-23-11-4-3-5-12-23/h3-18H,2,19-20H2,1H3,(H,30,31). The Hall–Kier alpha value is -4.32. The molecule has 0 spiro atoms. The number of nitrogens with one attached hydrogen (secondary N) is 1. The second-order valence-corrected chi connectivity index (χ2v) is 7.43. The molecule has 172 valence electrons. The van der Waals surface area contributed by atoms with Crippen LogP contribution in [-0.4, -0.2) is 17.5 Å². The maximum absolute atomic E-state index is 12.8. The molecule has 0 aliphatic heterocycles. The molecule has 3 aromatic carbocycles. The maximum atomic E-state index is 12.8. The van der Waals surface area contributed by atoms with Gasteiger partial charge in [0, 0.05) is 29.9 Å². The third-order valence-electron chi connectivity index (χ3n) is 5.01. The normalized spacial score (nSPS) is 10.4. The van der Waals surface area contributed by atoms with Crippen molar-refractivity contribution in [1.82, 2.24) is 10.3 Å². The summed E-state index contributed by atoms with van der Waals surface area (Å²) in [5.41, 5.74) is 2.26. The molecular weight excluding hydrogens is 428 g/mol. The summed E-state index contributed by atoms with van der Waals surface area (Å²) < 4.78 is 17.3. The van der Waals surface area contributed by atoms with Crippen LogP contribution in [0.1, 0.15) is 28.4 Å². The van der Waals surface area contributed by atoms with E-state index in [-0.39, 0.29) is 5.91 Å². The fourth-order valence-electron chi connectivity index (χ4n) is 3.32. The molecule has 0 radical (unpaired) electrons. The second-order valence-electron chi connectivity index (χ2n) is 7.43. The summed E-state index contributed by atoms with van der Waals surface area (Å²) in [7, 11) is 0. The van der Waals surface area contributed by atoms with Crippen LogP contribution in [0.2, 0.25) is 0 Å². The number of amides is 1. The van der Waals surface area contributed by atoms with E-state index in [0.717, 1.165) is 16.9 Å². The fourth-order valence-corrected chi connectivity index (χ4v) is 3.32. The van der Waals surface area contributed by atoms with Crippen molar-refractivity contribution in [3.05, 3.63) is 114 Å². The molecule has 0 bridgehead atoms. The van der Waals surface area contributed by atoms with Gasteiger partial charge in [-0.3, -0.25) is 4.79 Å². The summed E-state index contributed by atoms with van der Waals surface area (Å²) in [4.78, 5) is 17.2.